The fourth-order valence-corrected chi connectivity index (χ4v) is 4.56. The Bertz CT molecular complexity index is 889. The molecular formula is C20H23N3OS. The molecule has 1 aromatic carbocycles. The van der Waals surface area contributed by atoms with E-state index in [1.807, 2.05) is 24.6 Å². The first-order valence-corrected chi connectivity index (χ1v) is 9.89. The monoisotopic (exact) mass is 353 g/mol. The lowest BCUT2D eigenvalue weighted by Gasteiger charge is -2.21. The number of hydrogen-bond donors (Lipinski definition) is 1. The maximum absolute atomic E-state index is 12.4. The molecule has 2 aromatic heterocycles. The van der Waals surface area contributed by atoms with Gasteiger partial charge in [0.05, 0.1) is 5.69 Å². The summed E-state index contributed by atoms with van der Waals surface area (Å²) in [5.41, 5.74) is 2.76. The summed E-state index contributed by atoms with van der Waals surface area (Å²) < 4.78 is 2.14. The Morgan fingerprint density at radius 2 is 2.08 bits per heavy atom. The average Bonchev–Trinajstić information content (AvgIpc) is 3.26. The third-order valence-corrected chi connectivity index (χ3v) is 6.05. The molecule has 0 aliphatic heterocycles. The fourth-order valence-electron chi connectivity index (χ4n) is 3.71. The maximum atomic E-state index is 12.4. The highest BCUT2D eigenvalue weighted by atomic mass is 32.1. The second-order valence-corrected chi connectivity index (χ2v) is 7.76. The van der Waals surface area contributed by atoms with Gasteiger partial charge in [0, 0.05) is 29.9 Å². The predicted octanol–water partition coefficient (Wildman–Crippen LogP) is 4.61. The molecule has 0 atom stereocenters. The van der Waals surface area contributed by atoms with Gasteiger partial charge >= 0.3 is 0 Å². The number of aryl methyl sites for hydroxylation is 1. The molecule has 4 nitrogen and oxygen atoms in total. The average molecular weight is 353 g/mol. The Morgan fingerprint density at radius 1 is 1.28 bits per heavy atom. The first kappa shape index (κ1) is 16.3. The molecule has 1 amide bonds. The molecule has 0 radical (unpaired) electrons. The largest absolute Gasteiger partial charge is 0.350 e. The Morgan fingerprint density at radius 3 is 2.88 bits per heavy atom. The van der Waals surface area contributed by atoms with Crippen LogP contribution in [0.25, 0.3) is 21.6 Å². The second-order valence-electron chi connectivity index (χ2n) is 6.90. The van der Waals surface area contributed by atoms with E-state index in [1.54, 1.807) is 0 Å². The molecule has 5 heteroatoms. The van der Waals surface area contributed by atoms with E-state index in [2.05, 4.69) is 33.1 Å². The molecule has 1 fully saturated rings. The molecule has 0 unspecified atom stereocenters. The molecule has 1 aliphatic rings. The summed E-state index contributed by atoms with van der Waals surface area (Å²) in [6, 6.07) is 10.4. The summed E-state index contributed by atoms with van der Waals surface area (Å²) in [5.74, 6) is 0.584. The number of carbonyl (C=O) groups excluding carboxylic acids is 1. The highest BCUT2D eigenvalue weighted by molar-refractivity contribution is 7.13. The molecule has 3 aromatic rings. The highest BCUT2D eigenvalue weighted by Crippen LogP contribution is 2.29. The number of nitrogens with one attached hydrogen (secondary N) is 1. The van der Waals surface area contributed by atoms with Gasteiger partial charge in [0.1, 0.15) is 10.7 Å². The second kappa shape index (κ2) is 7.00. The molecule has 0 spiro atoms. The van der Waals surface area contributed by atoms with Gasteiger partial charge in [-0.05, 0) is 30.9 Å². The van der Waals surface area contributed by atoms with Crippen molar-refractivity contribution in [3.05, 3.63) is 41.4 Å². The smallest absolute Gasteiger partial charge is 0.270 e. The van der Waals surface area contributed by atoms with Gasteiger partial charge in [-0.15, -0.1) is 11.3 Å². The van der Waals surface area contributed by atoms with E-state index in [1.165, 1.54) is 54.3 Å². The summed E-state index contributed by atoms with van der Waals surface area (Å²) in [6.07, 6.45) is 6.40. The van der Waals surface area contributed by atoms with Gasteiger partial charge in [0.2, 0.25) is 0 Å². The molecular weight excluding hydrogens is 330 g/mol. The SMILES string of the molecule is Cn1c(-c2nc(C(=O)NCC3CCCCC3)cs2)cc2ccccc21. The number of nitrogens with zero attached hydrogens (tertiary/aromatic N) is 2. The lowest BCUT2D eigenvalue weighted by Crippen LogP contribution is -2.30. The van der Waals surface area contributed by atoms with Crippen molar-refractivity contribution in [1.29, 1.82) is 0 Å². The van der Waals surface area contributed by atoms with Crippen LogP contribution in [-0.4, -0.2) is 22.0 Å². The third kappa shape index (κ3) is 3.33. The number of para-hydroxylation sites is 1. The summed E-state index contributed by atoms with van der Waals surface area (Å²) in [6.45, 7) is 0.778. The number of benzene rings is 1. The van der Waals surface area contributed by atoms with Gasteiger partial charge in [-0.2, -0.15) is 0 Å². The zero-order valence-electron chi connectivity index (χ0n) is 14.5. The number of rotatable bonds is 4. The highest BCUT2D eigenvalue weighted by Gasteiger charge is 2.18. The minimum Gasteiger partial charge on any atom is -0.350 e. The number of thiazole rings is 1. The van der Waals surface area contributed by atoms with Crippen molar-refractivity contribution < 1.29 is 4.79 Å². The van der Waals surface area contributed by atoms with E-state index >= 15 is 0 Å². The molecule has 0 bridgehead atoms. The van der Waals surface area contributed by atoms with E-state index in [4.69, 9.17) is 0 Å². The van der Waals surface area contributed by atoms with Crippen molar-refractivity contribution >= 4 is 28.1 Å². The Labute approximate surface area is 151 Å². The van der Waals surface area contributed by atoms with Crippen molar-refractivity contribution in [3.8, 4) is 10.7 Å². The Kier molecular flexibility index (Phi) is 4.57. The van der Waals surface area contributed by atoms with Gasteiger partial charge in [0.15, 0.2) is 0 Å². The summed E-state index contributed by atoms with van der Waals surface area (Å²) >= 11 is 1.53. The number of aromatic nitrogens is 2. The van der Waals surface area contributed by atoms with Gasteiger partial charge in [-0.25, -0.2) is 4.98 Å². The first-order valence-electron chi connectivity index (χ1n) is 9.01. The van der Waals surface area contributed by atoms with Crippen LogP contribution < -0.4 is 5.32 Å². The maximum Gasteiger partial charge on any atom is 0.270 e. The van der Waals surface area contributed by atoms with Crippen LogP contribution in [-0.2, 0) is 7.05 Å². The molecule has 1 N–H and O–H groups in total. The topological polar surface area (TPSA) is 46.9 Å². The van der Waals surface area contributed by atoms with Crippen LogP contribution in [0.4, 0.5) is 0 Å². The number of fused-ring (bicyclic) bond motifs is 1. The van der Waals surface area contributed by atoms with Crippen LogP contribution in [0.5, 0.6) is 0 Å². The van der Waals surface area contributed by atoms with Crippen LogP contribution >= 0.6 is 11.3 Å². The van der Waals surface area contributed by atoms with Gasteiger partial charge < -0.3 is 9.88 Å². The Hall–Kier alpha value is -2.14. The molecule has 0 saturated heterocycles. The van der Waals surface area contributed by atoms with Crippen LogP contribution in [0.15, 0.2) is 35.7 Å². The van der Waals surface area contributed by atoms with Crippen molar-refractivity contribution in [2.75, 3.05) is 6.54 Å². The quantitative estimate of drug-likeness (QED) is 0.744. The van der Waals surface area contributed by atoms with Crippen LogP contribution in [0, 0.1) is 5.92 Å². The summed E-state index contributed by atoms with van der Waals surface area (Å²) in [5, 5.41) is 7.02. The van der Waals surface area contributed by atoms with Crippen LogP contribution in [0.1, 0.15) is 42.6 Å². The molecule has 2 heterocycles. The van der Waals surface area contributed by atoms with Gasteiger partial charge in [-0.3, -0.25) is 4.79 Å². The molecule has 130 valence electrons. The molecule has 4 rings (SSSR count). The minimum atomic E-state index is -0.0492. The normalized spacial score (nSPS) is 15.6. The standard InChI is InChI=1S/C20H23N3OS/c1-23-17-10-6-5-9-15(17)11-18(23)20-22-16(13-25-20)19(24)21-12-14-7-3-2-4-8-14/h5-6,9-11,13-14H,2-4,7-8,12H2,1H3,(H,21,24). The summed E-state index contributed by atoms with van der Waals surface area (Å²) in [4.78, 5) is 17.0. The third-order valence-electron chi connectivity index (χ3n) is 5.18. The van der Waals surface area contributed by atoms with E-state index in [-0.39, 0.29) is 5.91 Å². The number of amides is 1. The van der Waals surface area contributed by atoms with E-state index in [0.717, 1.165) is 17.2 Å². The lowest BCUT2D eigenvalue weighted by atomic mass is 9.89. The van der Waals surface area contributed by atoms with Gasteiger partial charge in [-0.1, -0.05) is 37.5 Å². The minimum absolute atomic E-state index is 0.0492. The molecule has 25 heavy (non-hydrogen) atoms. The fraction of sp³-hybridized carbons (Fsp3) is 0.400. The Balaban J connectivity index is 1.49. The van der Waals surface area contributed by atoms with E-state index in [9.17, 15) is 4.79 Å². The zero-order valence-corrected chi connectivity index (χ0v) is 15.3. The predicted molar refractivity (Wildman–Crippen MR) is 103 cm³/mol. The molecule has 1 aliphatic carbocycles. The van der Waals surface area contributed by atoms with E-state index < -0.39 is 0 Å². The number of hydrogen-bond acceptors (Lipinski definition) is 3. The lowest BCUT2D eigenvalue weighted by molar-refractivity contribution is 0.0939. The van der Waals surface area contributed by atoms with Crippen molar-refractivity contribution in [2.24, 2.45) is 13.0 Å². The van der Waals surface area contributed by atoms with Crippen LogP contribution in [0.3, 0.4) is 0 Å². The van der Waals surface area contributed by atoms with Crippen molar-refractivity contribution in [1.82, 2.24) is 14.9 Å². The first-order chi connectivity index (χ1) is 12.2. The van der Waals surface area contributed by atoms with Gasteiger partial charge in [0.25, 0.3) is 5.91 Å². The zero-order chi connectivity index (χ0) is 17.2. The number of carbonyl (C=O) groups is 1. The summed E-state index contributed by atoms with van der Waals surface area (Å²) in [7, 11) is 2.04. The van der Waals surface area contributed by atoms with Crippen molar-refractivity contribution in [2.45, 2.75) is 32.1 Å². The van der Waals surface area contributed by atoms with E-state index in [0.29, 0.717) is 11.6 Å². The van der Waals surface area contributed by atoms with Crippen molar-refractivity contribution in [3.63, 3.8) is 0 Å². The van der Waals surface area contributed by atoms with Crippen LogP contribution in [0.2, 0.25) is 0 Å². The molecule has 1 saturated carbocycles.